The molecular weight excluding hydrogens is 206 g/mol. The molecule has 0 aromatic rings. The first kappa shape index (κ1) is 13.5. The summed E-state index contributed by atoms with van der Waals surface area (Å²) in [6.45, 7) is 6.04. The zero-order valence-corrected chi connectivity index (χ0v) is 10.5. The van der Waals surface area contributed by atoms with Crippen LogP contribution in [0.3, 0.4) is 0 Å². The summed E-state index contributed by atoms with van der Waals surface area (Å²) in [4.78, 5) is 11.9. The van der Waals surface area contributed by atoms with E-state index in [1.54, 1.807) is 0 Å². The minimum absolute atomic E-state index is 0.0397. The van der Waals surface area contributed by atoms with Crippen LogP contribution in [0.15, 0.2) is 0 Å². The summed E-state index contributed by atoms with van der Waals surface area (Å²) in [5.74, 6) is -0.0397. The topological polar surface area (TPSA) is 58.6 Å². The molecular formula is C12H23NO3. The van der Waals surface area contributed by atoms with Crippen molar-refractivity contribution < 1.29 is 14.6 Å². The van der Waals surface area contributed by atoms with E-state index < -0.39 is 0 Å². The molecule has 3 atom stereocenters. The molecule has 3 unspecified atom stereocenters. The Morgan fingerprint density at radius 2 is 2.25 bits per heavy atom. The number of hydrogen-bond donors (Lipinski definition) is 2. The van der Waals surface area contributed by atoms with Crippen LogP contribution in [0.4, 0.5) is 0 Å². The van der Waals surface area contributed by atoms with Crippen LogP contribution in [0.1, 0.15) is 46.5 Å². The lowest BCUT2D eigenvalue weighted by Gasteiger charge is -2.30. The van der Waals surface area contributed by atoms with Gasteiger partial charge in [-0.15, -0.1) is 0 Å². The van der Waals surface area contributed by atoms with Gasteiger partial charge in [-0.25, -0.2) is 0 Å². The molecule has 94 valence electrons. The van der Waals surface area contributed by atoms with Crippen LogP contribution in [0.5, 0.6) is 0 Å². The number of amides is 1. The molecule has 1 saturated heterocycles. The molecule has 0 radical (unpaired) electrons. The fraction of sp³-hybridized carbons (Fsp3) is 0.917. The highest BCUT2D eigenvalue weighted by atomic mass is 16.5. The number of aliphatic hydroxyl groups excluding tert-OH is 1. The molecule has 16 heavy (non-hydrogen) atoms. The number of carbonyl (C=O) groups is 1. The molecule has 1 amide bonds. The first-order valence-electron chi connectivity index (χ1n) is 6.09. The zero-order chi connectivity index (χ0) is 12.2. The quantitative estimate of drug-likeness (QED) is 0.745. The van der Waals surface area contributed by atoms with Crippen molar-refractivity contribution in [3.05, 3.63) is 0 Å². The first-order valence-corrected chi connectivity index (χ1v) is 6.09. The molecule has 1 aliphatic rings. The van der Waals surface area contributed by atoms with Gasteiger partial charge in [0.25, 0.3) is 0 Å². The lowest BCUT2D eigenvalue weighted by Crippen LogP contribution is -2.50. The number of ether oxygens (including phenoxy) is 1. The van der Waals surface area contributed by atoms with Gasteiger partial charge in [0.2, 0.25) is 5.91 Å². The number of carbonyl (C=O) groups excluding carboxylic acids is 1. The third-order valence-corrected chi connectivity index (χ3v) is 3.39. The second kappa shape index (κ2) is 5.64. The Kier molecular flexibility index (Phi) is 4.74. The van der Waals surface area contributed by atoms with Crippen LogP contribution in [0.25, 0.3) is 0 Å². The van der Waals surface area contributed by atoms with E-state index in [1.165, 1.54) is 0 Å². The third kappa shape index (κ3) is 3.46. The van der Waals surface area contributed by atoms with Crippen molar-refractivity contribution in [1.29, 1.82) is 0 Å². The van der Waals surface area contributed by atoms with Crippen LogP contribution in [-0.2, 0) is 9.53 Å². The number of rotatable bonds is 5. The van der Waals surface area contributed by atoms with E-state index in [1.807, 2.05) is 20.8 Å². The highest BCUT2D eigenvalue weighted by Gasteiger charge is 2.32. The van der Waals surface area contributed by atoms with Gasteiger partial charge in [-0.3, -0.25) is 4.79 Å². The van der Waals surface area contributed by atoms with Crippen LogP contribution in [-0.4, -0.2) is 35.4 Å². The average Bonchev–Trinajstić information content (AvgIpc) is 2.65. The Hall–Kier alpha value is -0.610. The standard InChI is InChI=1S/C12H23NO3/c1-4-12(3,7-8-14)13-11(15)10-6-5-9(2)16-10/h9-10,14H,4-8H2,1-3H3,(H,13,15). The summed E-state index contributed by atoms with van der Waals surface area (Å²) in [6.07, 6.45) is 3.01. The molecule has 4 nitrogen and oxygen atoms in total. The molecule has 1 heterocycles. The summed E-state index contributed by atoms with van der Waals surface area (Å²) in [6, 6.07) is 0. The normalized spacial score (nSPS) is 28.8. The van der Waals surface area contributed by atoms with Crippen LogP contribution in [0.2, 0.25) is 0 Å². The average molecular weight is 229 g/mol. The predicted octanol–water partition coefficient (Wildman–Crippen LogP) is 1.22. The molecule has 0 spiro atoms. The lowest BCUT2D eigenvalue weighted by molar-refractivity contribution is -0.133. The third-order valence-electron chi connectivity index (χ3n) is 3.39. The van der Waals surface area contributed by atoms with Gasteiger partial charge in [0.05, 0.1) is 6.10 Å². The van der Waals surface area contributed by atoms with Crippen LogP contribution >= 0.6 is 0 Å². The number of hydrogen-bond acceptors (Lipinski definition) is 3. The summed E-state index contributed by atoms with van der Waals surface area (Å²) in [5, 5.41) is 12.0. The van der Waals surface area contributed by atoms with E-state index >= 15 is 0 Å². The highest BCUT2D eigenvalue weighted by molar-refractivity contribution is 5.81. The Balaban J connectivity index is 2.48. The van der Waals surface area contributed by atoms with Gasteiger partial charge < -0.3 is 15.2 Å². The molecule has 0 bridgehead atoms. The summed E-state index contributed by atoms with van der Waals surface area (Å²) >= 11 is 0. The maximum Gasteiger partial charge on any atom is 0.249 e. The first-order chi connectivity index (χ1) is 7.50. The highest BCUT2D eigenvalue weighted by Crippen LogP contribution is 2.21. The smallest absolute Gasteiger partial charge is 0.249 e. The molecule has 0 aliphatic carbocycles. The van der Waals surface area contributed by atoms with Crippen molar-refractivity contribution in [2.24, 2.45) is 0 Å². The van der Waals surface area contributed by atoms with E-state index in [-0.39, 0.29) is 30.3 Å². The fourth-order valence-electron chi connectivity index (χ4n) is 1.95. The SMILES string of the molecule is CCC(C)(CCO)NC(=O)C1CCC(C)O1. The Morgan fingerprint density at radius 1 is 1.56 bits per heavy atom. The Bertz CT molecular complexity index is 244. The maximum absolute atomic E-state index is 11.9. The summed E-state index contributed by atoms with van der Waals surface area (Å²) in [5.41, 5.74) is -0.318. The van der Waals surface area contributed by atoms with E-state index in [0.29, 0.717) is 6.42 Å². The minimum Gasteiger partial charge on any atom is -0.396 e. The molecule has 0 saturated carbocycles. The van der Waals surface area contributed by atoms with Gasteiger partial charge in [0, 0.05) is 12.1 Å². The van der Waals surface area contributed by atoms with Crippen molar-refractivity contribution in [3.8, 4) is 0 Å². The van der Waals surface area contributed by atoms with Gasteiger partial charge in [-0.05, 0) is 39.5 Å². The molecule has 4 heteroatoms. The van der Waals surface area contributed by atoms with Gasteiger partial charge in [0.1, 0.15) is 6.10 Å². The molecule has 0 aromatic heterocycles. The van der Waals surface area contributed by atoms with Crippen LogP contribution < -0.4 is 5.32 Å². The van der Waals surface area contributed by atoms with E-state index in [9.17, 15) is 4.79 Å². The maximum atomic E-state index is 11.9. The van der Waals surface area contributed by atoms with Crippen LogP contribution in [0, 0.1) is 0 Å². The lowest BCUT2D eigenvalue weighted by atomic mass is 9.94. The second-order valence-electron chi connectivity index (χ2n) is 4.89. The summed E-state index contributed by atoms with van der Waals surface area (Å²) in [7, 11) is 0. The van der Waals surface area contributed by atoms with Crippen molar-refractivity contribution >= 4 is 5.91 Å². The van der Waals surface area contributed by atoms with Crippen molar-refractivity contribution in [2.75, 3.05) is 6.61 Å². The molecule has 1 aliphatic heterocycles. The molecule has 1 rings (SSSR count). The van der Waals surface area contributed by atoms with Crippen molar-refractivity contribution in [1.82, 2.24) is 5.32 Å². The molecule has 2 N–H and O–H groups in total. The number of nitrogens with one attached hydrogen (secondary N) is 1. The fourth-order valence-corrected chi connectivity index (χ4v) is 1.95. The minimum atomic E-state index is -0.318. The Morgan fingerprint density at radius 3 is 2.69 bits per heavy atom. The van der Waals surface area contributed by atoms with Gasteiger partial charge in [-0.2, -0.15) is 0 Å². The number of aliphatic hydroxyl groups is 1. The van der Waals surface area contributed by atoms with Crippen molar-refractivity contribution in [2.45, 2.75) is 64.2 Å². The van der Waals surface area contributed by atoms with E-state index in [4.69, 9.17) is 9.84 Å². The van der Waals surface area contributed by atoms with Gasteiger partial charge in [0.15, 0.2) is 0 Å². The Labute approximate surface area is 97.4 Å². The predicted molar refractivity (Wildman–Crippen MR) is 62.1 cm³/mol. The summed E-state index contributed by atoms with van der Waals surface area (Å²) < 4.78 is 5.52. The van der Waals surface area contributed by atoms with Gasteiger partial charge >= 0.3 is 0 Å². The van der Waals surface area contributed by atoms with Crippen molar-refractivity contribution in [3.63, 3.8) is 0 Å². The van der Waals surface area contributed by atoms with E-state index in [0.717, 1.165) is 19.3 Å². The molecule has 1 fully saturated rings. The van der Waals surface area contributed by atoms with Gasteiger partial charge in [-0.1, -0.05) is 6.92 Å². The van der Waals surface area contributed by atoms with E-state index in [2.05, 4.69) is 5.32 Å². The largest absolute Gasteiger partial charge is 0.396 e. The monoisotopic (exact) mass is 229 g/mol. The second-order valence-corrected chi connectivity index (χ2v) is 4.89. The molecule has 0 aromatic carbocycles. The zero-order valence-electron chi connectivity index (χ0n) is 10.5.